The summed E-state index contributed by atoms with van der Waals surface area (Å²) in [5.74, 6) is 1.84. The van der Waals surface area contributed by atoms with E-state index in [1.165, 1.54) is 44.9 Å². The highest BCUT2D eigenvalue weighted by Crippen LogP contribution is 2.72. The minimum atomic E-state index is -0.356. The largest absolute Gasteiger partial charge is 0.462 e. The Morgan fingerprint density at radius 2 is 1.69 bits per heavy atom. The number of carbonyl (C=O) groups is 1. The highest BCUT2D eigenvalue weighted by atomic mass is 16.5. The lowest BCUT2D eigenvalue weighted by atomic mass is 9.43. The summed E-state index contributed by atoms with van der Waals surface area (Å²) >= 11 is 0. The van der Waals surface area contributed by atoms with Crippen LogP contribution >= 0.6 is 0 Å². The van der Waals surface area contributed by atoms with E-state index in [4.69, 9.17) is 9.84 Å². The van der Waals surface area contributed by atoms with Crippen LogP contribution in [-0.4, -0.2) is 35.0 Å². The fourth-order valence-electron chi connectivity index (χ4n) is 10.2. The molecule has 0 bridgehead atoms. The lowest BCUT2D eigenvalue weighted by Crippen LogP contribution is -2.55. The molecule has 0 amide bonds. The first-order valence-electron chi connectivity index (χ1n) is 15.0. The maximum atomic E-state index is 11.8. The second-order valence-corrected chi connectivity index (χ2v) is 14.4. The van der Waals surface area contributed by atoms with Gasteiger partial charge in [-0.05, 0) is 98.2 Å². The van der Waals surface area contributed by atoms with Crippen LogP contribution in [0.4, 0.5) is 0 Å². The van der Waals surface area contributed by atoms with Gasteiger partial charge in [-0.1, -0.05) is 65.5 Å². The van der Waals surface area contributed by atoms with Gasteiger partial charge in [0.15, 0.2) is 0 Å². The molecule has 4 rings (SSSR count). The first-order chi connectivity index (χ1) is 16.8. The van der Waals surface area contributed by atoms with Crippen molar-refractivity contribution in [3.8, 4) is 0 Å². The molecule has 0 spiro atoms. The van der Waals surface area contributed by atoms with Crippen LogP contribution in [0, 0.1) is 39.4 Å². The molecule has 2 N–H and O–H groups in total. The van der Waals surface area contributed by atoms with Gasteiger partial charge in [0, 0.05) is 18.9 Å². The molecule has 2 saturated carbocycles. The molecule has 0 aliphatic heterocycles. The van der Waals surface area contributed by atoms with Crippen LogP contribution in [0.5, 0.6) is 0 Å². The molecule has 2 fully saturated rings. The van der Waals surface area contributed by atoms with Crippen molar-refractivity contribution in [2.75, 3.05) is 6.61 Å². The Balaban J connectivity index is 1.55. The molecule has 0 radical (unpaired) electrons. The summed E-state index contributed by atoms with van der Waals surface area (Å²) < 4.78 is 5.86. The summed E-state index contributed by atoms with van der Waals surface area (Å²) in [6.07, 6.45) is 12.9. The SMILES string of the molecule is CC(=O)O[C@H]1CC[C@]2(C)C3=C(CC[C@H]2C1(C)C)[C@]1(C)CC[C@H]([C@H](C)CCCC(O)CCO)[C@@]1(C)CC3. The molecular weight excluding hydrogens is 448 g/mol. The molecule has 4 heteroatoms. The van der Waals surface area contributed by atoms with E-state index < -0.39 is 0 Å². The molecule has 4 nitrogen and oxygen atoms in total. The van der Waals surface area contributed by atoms with Crippen molar-refractivity contribution in [2.24, 2.45) is 39.4 Å². The molecule has 8 atom stereocenters. The van der Waals surface area contributed by atoms with Crippen LogP contribution < -0.4 is 0 Å². The number of fused-ring (bicyclic) bond motifs is 4. The second kappa shape index (κ2) is 10.0. The standard InChI is InChI=1S/C32H54O4/c1-21(9-8-10-23(35)16-20-33)24-13-18-32(7)26-11-12-27-29(3,4)28(36-22(2)34)15-17-30(27,5)25(26)14-19-31(24,32)6/h21,23-24,27-28,33,35H,8-20H2,1-7H3/t21-,23?,24-,27+,28+,30-,31-,32+/m1/s1. The Labute approximate surface area is 220 Å². The molecule has 4 aliphatic rings. The molecule has 206 valence electrons. The Morgan fingerprint density at radius 1 is 0.972 bits per heavy atom. The number of aliphatic hydroxyl groups excluding tert-OH is 2. The average molecular weight is 503 g/mol. The van der Waals surface area contributed by atoms with Crippen molar-refractivity contribution < 1.29 is 19.7 Å². The zero-order chi connectivity index (χ0) is 26.5. The molecule has 4 aliphatic carbocycles. The van der Waals surface area contributed by atoms with Crippen LogP contribution in [0.3, 0.4) is 0 Å². The van der Waals surface area contributed by atoms with Gasteiger partial charge >= 0.3 is 5.97 Å². The fraction of sp³-hybridized carbons (Fsp3) is 0.906. The Hall–Kier alpha value is -0.870. The number of hydrogen-bond donors (Lipinski definition) is 2. The third kappa shape index (κ3) is 4.40. The van der Waals surface area contributed by atoms with Crippen molar-refractivity contribution >= 4 is 5.97 Å². The minimum absolute atomic E-state index is 0.00612. The van der Waals surface area contributed by atoms with Gasteiger partial charge in [-0.3, -0.25) is 4.79 Å². The number of aliphatic hydroxyl groups is 2. The molecule has 0 aromatic carbocycles. The van der Waals surface area contributed by atoms with Crippen molar-refractivity contribution in [3.05, 3.63) is 11.1 Å². The van der Waals surface area contributed by atoms with E-state index in [9.17, 15) is 9.90 Å². The molecule has 0 aromatic heterocycles. The monoisotopic (exact) mass is 502 g/mol. The first-order valence-corrected chi connectivity index (χ1v) is 15.0. The minimum Gasteiger partial charge on any atom is -0.462 e. The van der Waals surface area contributed by atoms with Crippen LogP contribution in [0.1, 0.15) is 126 Å². The molecule has 0 aromatic rings. The topological polar surface area (TPSA) is 66.8 Å². The highest BCUT2D eigenvalue weighted by molar-refractivity contribution is 5.66. The van der Waals surface area contributed by atoms with Crippen molar-refractivity contribution in [1.29, 1.82) is 0 Å². The summed E-state index contributed by atoms with van der Waals surface area (Å²) in [5.41, 5.74) is 4.47. The Kier molecular flexibility index (Phi) is 7.84. The third-order valence-electron chi connectivity index (χ3n) is 12.4. The quantitative estimate of drug-likeness (QED) is 0.272. The smallest absolute Gasteiger partial charge is 0.302 e. The normalized spacial score (nSPS) is 41.2. The van der Waals surface area contributed by atoms with Gasteiger partial charge in [0.25, 0.3) is 0 Å². The van der Waals surface area contributed by atoms with Gasteiger partial charge in [0.05, 0.1) is 6.10 Å². The van der Waals surface area contributed by atoms with E-state index in [0.29, 0.717) is 29.1 Å². The number of allylic oxidation sites excluding steroid dienone is 2. The number of hydrogen-bond acceptors (Lipinski definition) is 4. The lowest BCUT2D eigenvalue weighted by molar-refractivity contribution is -0.167. The van der Waals surface area contributed by atoms with Crippen molar-refractivity contribution in [2.45, 2.75) is 138 Å². The van der Waals surface area contributed by atoms with Crippen LogP contribution in [-0.2, 0) is 9.53 Å². The maximum Gasteiger partial charge on any atom is 0.302 e. The zero-order valence-corrected chi connectivity index (χ0v) is 24.3. The van der Waals surface area contributed by atoms with Crippen molar-refractivity contribution in [1.82, 2.24) is 0 Å². The molecule has 0 saturated heterocycles. The van der Waals surface area contributed by atoms with Gasteiger partial charge in [0.1, 0.15) is 6.10 Å². The van der Waals surface area contributed by atoms with E-state index >= 15 is 0 Å². The van der Waals surface area contributed by atoms with Crippen molar-refractivity contribution in [3.63, 3.8) is 0 Å². The first kappa shape index (κ1) is 28.1. The highest BCUT2D eigenvalue weighted by Gasteiger charge is 2.63. The third-order valence-corrected chi connectivity index (χ3v) is 12.4. The number of esters is 1. The Morgan fingerprint density at radius 3 is 2.36 bits per heavy atom. The molecule has 36 heavy (non-hydrogen) atoms. The van der Waals surface area contributed by atoms with Crippen LogP contribution in [0.25, 0.3) is 0 Å². The second-order valence-electron chi connectivity index (χ2n) is 14.4. The van der Waals surface area contributed by atoms with E-state index in [-0.39, 0.29) is 35.6 Å². The number of carbonyl (C=O) groups excluding carboxylic acids is 1. The molecular formula is C32H54O4. The number of ether oxygens (including phenoxy) is 1. The van der Waals surface area contributed by atoms with E-state index in [1.807, 2.05) is 5.57 Å². The lowest BCUT2D eigenvalue weighted by Gasteiger charge is -2.62. The van der Waals surface area contributed by atoms with E-state index in [2.05, 4.69) is 41.5 Å². The summed E-state index contributed by atoms with van der Waals surface area (Å²) in [6, 6.07) is 0. The summed E-state index contributed by atoms with van der Waals surface area (Å²) in [4.78, 5) is 11.8. The summed E-state index contributed by atoms with van der Waals surface area (Å²) in [7, 11) is 0. The van der Waals surface area contributed by atoms with Gasteiger partial charge in [-0.2, -0.15) is 0 Å². The zero-order valence-electron chi connectivity index (χ0n) is 24.3. The molecule has 1 unspecified atom stereocenters. The summed E-state index contributed by atoms with van der Waals surface area (Å²) in [5, 5.41) is 19.1. The fourth-order valence-corrected chi connectivity index (χ4v) is 10.2. The predicted molar refractivity (Wildman–Crippen MR) is 145 cm³/mol. The van der Waals surface area contributed by atoms with E-state index in [0.717, 1.165) is 31.6 Å². The van der Waals surface area contributed by atoms with Crippen LogP contribution in [0.15, 0.2) is 11.1 Å². The predicted octanol–water partition coefficient (Wildman–Crippen LogP) is 7.22. The summed E-state index contributed by atoms with van der Waals surface area (Å²) in [6.45, 7) is 16.6. The Bertz CT molecular complexity index is 860. The average Bonchev–Trinajstić information content (AvgIpc) is 3.07. The van der Waals surface area contributed by atoms with Crippen LogP contribution in [0.2, 0.25) is 0 Å². The maximum absolute atomic E-state index is 11.8. The van der Waals surface area contributed by atoms with Gasteiger partial charge in [-0.15, -0.1) is 0 Å². The number of rotatable bonds is 8. The van der Waals surface area contributed by atoms with Gasteiger partial charge in [-0.25, -0.2) is 0 Å². The van der Waals surface area contributed by atoms with Gasteiger partial charge < -0.3 is 14.9 Å². The van der Waals surface area contributed by atoms with E-state index in [1.54, 1.807) is 12.5 Å². The van der Waals surface area contributed by atoms with Gasteiger partial charge in [0.2, 0.25) is 0 Å². The molecule has 0 heterocycles.